The second-order valence-corrected chi connectivity index (χ2v) is 8.09. The van der Waals surface area contributed by atoms with Gasteiger partial charge in [0, 0.05) is 11.8 Å². The fourth-order valence-electron chi connectivity index (χ4n) is 2.54. The number of nitrogens with one attached hydrogen (secondary N) is 1. The van der Waals surface area contributed by atoms with Crippen LogP contribution < -0.4 is 14.8 Å². The molecule has 0 saturated heterocycles. The van der Waals surface area contributed by atoms with Crippen molar-refractivity contribution in [2.75, 3.05) is 19.5 Å². The van der Waals surface area contributed by atoms with Crippen molar-refractivity contribution < 1.29 is 19.1 Å². The molecule has 0 spiro atoms. The van der Waals surface area contributed by atoms with E-state index in [1.54, 1.807) is 54.5 Å². The molecular formula is C21H27NO4S2. The highest BCUT2D eigenvalue weighted by Gasteiger charge is 2.20. The van der Waals surface area contributed by atoms with Gasteiger partial charge in [0.15, 0.2) is 12.4 Å². The minimum absolute atomic E-state index is 0.0587. The highest BCUT2D eigenvalue weighted by Crippen LogP contribution is 2.19. The first-order chi connectivity index (χ1) is 13.6. The number of rotatable bonds is 13. The van der Waals surface area contributed by atoms with E-state index in [1.807, 2.05) is 5.38 Å². The Hall–Kier alpha value is -1.99. The van der Waals surface area contributed by atoms with Crippen LogP contribution in [0.5, 0.6) is 11.5 Å². The van der Waals surface area contributed by atoms with Crippen molar-refractivity contribution >= 4 is 34.8 Å². The minimum Gasteiger partial charge on any atom is -0.497 e. The summed E-state index contributed by atoms with van der Waals surface area (Å²) in [6, 6.07) is 8.68. The summed E-state index contributed by atoms with van der Waals surface area (Å²) in [5.74, 6) is 2.18. The summed E-state index contributed by atoms with van der Waals surface area (Å²) in [5.41, 5.74) is 1.23. The quantitative estimate of drug-likeness (QED) is 0.522. The maximum atomic E-state index is 12.6. The lowest BCUT2D eigenvalue weighted by molar-refractivity contribution is -0.128. The van der Waals surface area contributed by atoms with Crippen molar-refractivity contribution in [1.82, 2.24) is 5.32 Å². The summed E-state index contributed by atoms with van der Waals surface area (Å²) >= 11 is 3.24. The topological polar surface area (TPSA) is 64.6 Å². The smallest absolute Gasteiger partial charge is 0.258 e. The lowest BCUT2D eigenvalue weighted by Crippen LogP contribution is -2.43. The molecule has 28 heavy (non-hydrogen) atoms. The maximum absolute atomic E-state index is 12.6. The Morgan fingerprint density at radius 2 is 2.07 bits per heavy atom. The number of hydrogen-bond donors (Lipinski definition) is 1. The Kier molecular flexibility index (Phi) is 9.93. The number of carbonyl (C=O) groups excluding carboxylic acids is 2. The number of ether oxygens (including phenoxy) is 2. The van der Waals surface area contributed by atoms with E-state index in [0.717, 1.165) is 18.6 Å². The Labute approximate surface area is 174 Å². The first-order valence-electron chi connectivity index (χ1n) is 9.30. The third kappa shape index (κ3) is 7.94. The summed E-state index contributed by atoms with van der Waals surface area (Å²) in [7, 11) is 1.58. The van der Waals surface area contributed by atoms with Gasteiger partial charge in [-0.05, 0) is 40.9 Å². The number of amides is 1. The number of Topliss-reactive ketones (excluding diaryl/α,β-unsaturated/α-hetero) is 1. The van der Waals surface area contributed by atoms with Crippen molar-refractivity contribution in [1.29, 1.82) is 0 Å². The molecule has 0 radical (unpaired) electrons. The highest BCUT2D eigenvalue weighted by molar-refractivity contribution is 7.99. The number of thioether (sulfide) groups is 1. The third-order valence-corrected chi connectivity index (χ3v) is 5.83. The molecule has 1 unspecified atom stereocenters. The largest absolute Gasteiger partial charge is 0.497 e. The fraction of sp³-hybridized carbons (Fsp3) is 0.429. The third-order valence-electron chi connectivity index (χ3n) is 4.07. The van der Waals surface area contributed by atoms with Crippen molar-refractivity contribution in [3.63, 3.8) is 0 Å². The molecule has 0 fully saturated rings. The van der Waals surface area contributed by atoms with Crippen LogP contribution in [0.2, 0.25) is 0 Å². The molecule has 2 aromatic rings. The van der Waals surface area contributed by atoms with Gasteiger partial charge in [-0.1, -0.05) is 25.8 Å². The van der Waals surface area contributed by atoms with Gasteiger partial charge < -0.3 is 14.8 Å². The van der Waals surface area contributed by atoms with Gasteiger partial charge in [0.05, 0.1) is 18.9 Å². The summed E-state index contributed by atoms with van der Waals surface area (Å²) in [6.45, 7) is 1.94. The Morgan fingerprint density at radius 3 is 2.79 bits per heavy atom. The zero-order valence-corrected chi connectivity index (χ0v) is 17.9. The number of thiophene rings is 1. The molecule has 152 valence electrons. The van der Waals surface area contributed by atoms with Gasteiger partial charge in [-0.15, -0.1) is 11.8 Å². The van der Waals surface area contributed by atoms with E-state index >= 15 is 0 Å². The van der Waals surface area contributed by atoms with Crippen LogP contribution in [-0.2, 0) is 15.3 Å². The molecule has 0 aliphatic carbocycles. The molecule has 7 heteroatoms. The highest BCUT2D eigenvalue weighted by atomic mass is 32.2. The van der Waals surface area contributed by atoms with Gasteiger partial charge >= 0.3 is 0 Å². The Bertz CT molecular complexity index is 734. The maximum Gasteiger partial charge on any atom is 0.258 e. The molecule has 1 heterocycles. The van der Waals surface area contributed by atoms with Gasteiger partial charge in [0.25, 0.3) is 5.91 Å². The standard InChI is InChI=1S/C21H27NO4S2/c1-3-4-8-19(20(23)15-28-14-16-9-10-27-13-16)22-21(24)12-26-18-7-5-6-17(11-18)25-2/h5-7,9-11,13,19H,3-4,8,12,14-15H2,1-2H3,(H,22,24). The van der Waals surface area contributed by atoms with E-state index < -0.39 is 6.04 Å². The molecular weight excluding hydrogens is 394 g/mol. The van der Waals surface area contributed by atoms with Crippen molar-refractivity contribution in [3.05, 3.63) is 46.7 Å². The normalized spacial score (nSPS) is 11.6. The van der Waals surface area contributed by atoms with Crippen LogP contribution in [-0.4, -0.2) is 37.2 Å². The predicted molar refractivity (Wildman–Crippen MR) is 115 cm³/mol. The summed E-state index contributed by atoms with van der Waals surface area (Å²) < 4.78 is 10.7. The second kappa shape index (κ2) is 12.5. The summed E-state index contributed by atoms with van der Waals surface area (Å²) in [4.78, 5) is 24.9. The average Bonchev–Trinajstić information content (AvgIpc) is 3.23. The molecule has 0 bridgehead atoms. The van der Waals surface area contributed by atoms with Crippen molar-refractivity contribution in [3.8, 4) is 11.5 Å². The summed E-state index contributed by atoms with van der Waals surface area (Å²) in [5, 5.41) is 6.96. The SMILES string of the molecule is CCCCC(NC(=O)COc1cccc(OC)c1)C(=O)CSCc1ccsc1. The van der Waals surface area contributed by atoms with Crippen molar-refractivity contribution in [2.24, 2.45) is 0 Å². The van der Waals surface area contributed by atoms with E-state index in [0.29, 0.717) is 23.7 Å². The van der Waals surface area contributed by atoms with Crippen molar-refractivity contribution in [2.45, 2.75) is 38.0 Å². The zero-order chi connectivity index (χ0) is 20.2. The van der Waals surface area contributed by atoms with E-state index in [4.69, 9.17) is 9.47 Å². The number of ketones is 1. The van der Waals surface area contributed by atoms with Crippen LogP contribution in [0.1, 0.15) is 31.7 Å². The predicted octanol–water partition coefficient (Wildman–Crippen LogP) is 4.31. The van der Waals surface area contributed by atoms with Gasteiger partial charge in [-0.2, -0.15) is 11.3 Å². The van der Waals surface area contributed by atoms with Gasteiger partial charge in [-0.3, -0.25) is 9.59 Å². The average molecular weight is 422 g/mol. The van der Waals surface area contributed by atoms with E-state index in [9.17, 15) is 9.59 Å². The zero-order valence-electron chi connectivity index (χ0n) is 16.3. The van der Waals surface area contributed by atoms with Crippen LogP contribution in [0.3, 0.4) is 0 Å². The first-order valence-corrected chi connectivity index (χ1v) is 11.4. The lowest BCUT2D eigenvalue weighted by atomic mass is 10.1. The number of unbranched alkanes of at least 4 members (excludes halogenated alkanes) is 1. The second-order valence-electron chi connectivity index (χ2n) is 6.32. The lowest BCUT2D eigenvalue weighted by Gasteiger charge is -2.17. The number of benzene rings is 1. The van der Waals surface area contributed by atoms with Crippen LogP contribution in [0.4, 0.5) is 0 Å². The van der Waals surface area contributed by atoms with E-state index in [1.165, 1.54) is 5.56 Å². The molecule has 1 aromatic heterocycles. The van der Waals surface area contributed by atoms with Crippen LogP contribution >= 0.6 is 23.1 Å². The number of methoxy groups -OCH3 is 1. The monoisotopic (exact) mass is 421 g/mol. The molecule has 1 amide bonds. The van der Waals surface area contributed by atoms with Crippen LogP contribution in [0, 0.1) is 0 Å². The van der Waals surface area contributed by atoms with E-state index in [-0.39, 0.29) is 18.3 Å². The molecule has 2 rings (SSSR count). The Balaban J connectivity index is 1.81. The molecule has 0 aliphatic rings. The molecule has 0 aliphatic heterocycles. The van der Waals surface area contributed by atoms with Gasteiger partial charge in [0.1, 0.15) is 11.5 Å². The van der Waals surface area contributed by atoms with E-state index in [2.05, 4.69) is 23.7 Å². The van der Waals surface area contributed by atoms with Gasteiger partial charge in [0.2, 0.25) is 0 Å². The van der Waals surface area contributed by atoms with Crippen LogP contribution in [0.15, 0.2) is 41.1 Å². The van der Waals surface area contributed by atoms with Crippen LogP contribution in [0.25, 0.3) is 0 Å². The summed E-state index contributed by atoms with van der Waals surface area (Å²) in [6.07, 6.45) is 2.52. The minimum atomic E-state index is -0.462. The molecule has 5 nitrogen and oxygen atoms in total. The number of carbonyl (C=O) groups is 2. The van der Waals surface area contributed by atoms with Gasteiger partial charge in [-0.25, -0.2) is 0 Å². The molecule has 1 aromatic carbocycles. The Morgan fingerprint density at radius 1 is 1.25 bits per heavy atom. The first kappa shape index (κ1) is 22.3. The molecule has 1 atom stereocenters. The molecule has 0 saturated carbocycles. The number of hydrogen-bond acceptors (Lipinski definition) is 6. The fourth-order valence-corrected chi connectivity index (χ4v) is 4.24. The molecule has 1 N–H and O–H groups in total.